The van der Waals surface area contributed by atoms with Crippen molar-refractivity contribution in [3.05, 3.63) is 54.1 Å². The molecule has 26 heteroatoms. The number of thioether (sulfide) groups is 1. The maximum absolute atomic E-state index is 14.4. The highest BCUT2D eigenvalue weighted by Gasteiger charge is 2.41. The van der Waals surface area contributed by atoms with Crippen LogP contribution in [0.1, 0.15) is 84.4 Å². The highest BCUT2D eigenvalue weighted by Crippen LogP contribution is 2.21. The summed E-state index contributed by atoms with van der Waals surface area (Å²) in [5, 5.41) is 48.0. The van der Waals surface area contributed by atoms with Crippen molar-refractivity contribution in [3.8, 4) is 0 Å². The van der Waals surface area contributed by atoms with Crippen molar-refractivity contribution >= 4 is 70.9 Å². The van der Waals surface area contributed by atoms with Crippen molar-refractivity contribution in [2.45, 2.75) is 146 Å². The van der Waals surface area contributed by atoms with Crippen molar-refractivity contribution in [1.82, 2.24) is 52.1 Å². The molecule has 1 aromatic carbocycles. The van der Waals surface area contributed by atoms with Gasteiger partial charge in [-0.05, 0) is 74.9 Å². The van der Waals surface area contributed by atoms with E-state index in [9.17, 15) is 63.3 Å². The van der Waals surface area contributed by atoms with Gasteiger partial charge in [0.25, 0.3) is 0 Å². The molecule has 0 saturated carbocycles. The first-order valence-electron chi connectivity index (χ1n) is 24.5. The molecule has 0 radical (unpaired) electrons. The van der Waals surface area contributed by atoms with Gasteiger partial charge in [0.05, 0.1) is 25.1 Å². The van der Waals surface area contributed by atoms with Crippen LogP contribution < -0.4 is 48.7 Å². The molecule has 2 aromatic rings. The van der Waals surface area contributed by atoms with Crippen LogP contribution in [-0.2, 0) is 60.8 Å². The Morgan fingerprint density at radius 3 is 1.92 bits per heavy atom. The second-order valence-electron chi connectivity index (χ2n) is 19.0. The second-order valence-corrected chi connectivity index (χ2v) is 20.0. The summed E-state index contributed by atoms with van der Waals surface area (Å²) >= 11 is 1.43. The number of H-pyrrole nitrogens is 1. The average molecular weight is 1060 g/mol. The first-order valence-corrected chi connectivity index (χ1v) is 25.9. The summed E-state index contributed by atoms with van der Waals surface area (Å²) in [5.74, 6) is -9.30. The molecule has 10 atom stereocenters. The molecule has 15 N–H and O–H groups in total. The number of hydrogen-bond acceptors (Lipinski definition) is 15. The number of aliphatic hydroxyl groups excluding tert-OH is 2. The third kappa shape index (κ3) is 19.7. The van der Waals surface area contributed by atoms with Gasteiger partial charge in [-0.3, -0.25) is 43.2 Å². The summed E-state index contributed by atoms with van der Waals surface area (Å²) in [7, 11) is 0. The molecule has 1 fully saturated rings. The van der Waals surface area contributed by atoms with Crippen LogP contribution in [0, 0.1) is 11.8 Å². The largest absolute Gasteiger partial charge is 0.480 e. The van der Waals surface area contributed by atoms with Crippen LogP contribution in [0.5, 0.6) is 0 Å². The number of likely N-dealkylation sites (tertiary alicyclic amines) is 1. The molecule has 74 heavy (non-hydrogen) atoms. The zero-order valence-electron chi connectivity index (χ0n) is 42.6. The Hall–Kier alpha value is -6.64. The Kier molecular flexibility index (Phi) is 25.4. The number of aliphatic hydroxyl groups is 2. The fraction of sp³-hybridized carbons (Fsp3) is 0.604. The fourth-order valence-corrected chi connectivity index (χ4v) is 8.49. The molecular weight excluding hydrogens is 985 g/mol. The van der Waals surface area contributed by atoms with E-state index in [1.165, 1.54) is 31.2 Å². The summed E-state index contributed by atoms with van der Waals surface area (Å²) in [6.07, 6.45) is 2.74. The SMILES string of the molecule is CSCC[C@H](NC(=O)[C@@H](N)Cc1ccccc1)C(=O)N[C@@H](CC(C)C)C(=O)N[C@H](C(=O)N[C@@H](CCC(N)=O)C(=O)N1CCC[C@H]1C(=O)N[C@@H](Cc1cnc[nH]1)C(=O)N[C@@H](CO)C(=O)N[C@H](C(=O)O)C(C)C)[C@@H](C)O. The highest BCUT2D eigenvalue weighted by molar-refractivity contribution is 7.98. The van der Waals surface area contributed by atoms with E-state index in [4.69, 9.17) is 11.5 Å². The van der Waals surface area contributed by atoms with Crippen molar-refractivity contribution in [2.24, 2.45) is 23.3 Å². The maximum atomic E-state index is 14.4. The number of imidazole rings is 1. The van der Waals surface area contributed by atoms with Crippen LogP contribution in [0.15, 0.2) is 42.9 Å². The second kappa shape index (κ2) is 30.5. The molecule has 25 nitrogen and oxygen atoms in total. The molecular formula is C48H74N12O13S. The van der Waals surface area contributed by atoms with Gasteiger partial charge in [0.15, 0.2) is 0 Å². The van der Waals surface area contributed by atoms with Crippen molar-refractivity contribution in [2.75, 3.05) is 25.2 Å². The summed E-state index contributed by atoms with van der Waals surface area (Å²) in [6.45, 7) is 6.93. The Bertz CT molecular complexity index is 2220. The monoisotopic (exact) mass is 1060 g/mol. The molecule has 1 aliphatic rings. The molecule has 1 saturated heterocycles. The number of benzene rings is 1. The third-order valence-electron chi connectivity index (χ3n) is 12.1. The van der Waals surface area contributed by atoms with Gasteiger partial charge in [-0.1, -0.05) is 58.0 Å². The molecule has 410 valence electrons. The van der Waals surface area contributed by atoms with Gasteiger partial charge < -0.3 is 73.9 Å². The molecule has 0 unspecified atom stereocenters. The lowest BCUT2D eigenvalue weighted by Gasteiger charge is -2.31. The number of rotatable bonds is 31. The lowest BCUT2D eigenvalue weighted by Crippen LogP contribution is -2.62. The van der Waals surface area contributed by atoms with Gasteiger partial charge in [-0.15, -0.1) is 0 Å². The lowest BCUT2D eigenvalue weighted by atomic mass is 10.0. The highest BCUT2D eigenvalue weighted by atomic mass is 32.2. The van der Waals surface area contributed by atoms with Crippen molar-refractivity contribution < 1.29 is 63.3 Å². The van der Waals surface area contributed by atoms with Gasteiger partial charge in [-0.25, -0.2) is 9.78 Å². The quantitative estimate of drug-likeness (QED) is 0.0360. The summed E-state index contributed by atoms with van der Waals surface area (Å²) in [4.78, 5) is 142. The smallest absolute Gasteiger partial charge is 0.326 e. The van der Waals surface area contributed by atoms with Crippen LogP contribution in [0.2, 0.25) is 0 Å². The molecule has 0 bridgehead atoms. The molecule has 9 amide bonds. The van der Waals surface area contributed by atoms with E-state index < -0.39 is 139 Å². The molecule has 1 aliphatic heterocycles. The van der Waals surface area contributed by atoms with Crippen LogP contribution in [0.25, 0.3) is 0 Å². The third-order valence-corrected chi connectivity index (χ3v) is 12.7. The number of amides is 9. The van der Waals surface area contributed by atoms with Gasteiger partial charge >= 0.3 is 5.97 Å². The number of carboxylic acids is 1. The number of nitrogens with zero attached hydrogens (tertiary/aromatic N) is 2. The van der Waals surface area contributed by atoms with E-state index in [1.54, 1.807) is 27.7 Å². The van der Waals surface area contributed by atoms with Gasteiger partial charge in [0.2, 0.25) is 53.2 Å². The summed E-state index contributed by atoms with van der Waals surface area (Å²) < 4.78 is 0. The minimum atomic E-state index is -1.73. The number of primary amides is 1. The Morgan fingerprint density at radius 1 is 0.757 bits per heavy atom. The molecule has 1 aromatic heterocycles. The van der Waals surface area contributed by atoms with E-state index in [0.717, 1.165) is 10.5 Å². The predicted octanol–water partition coefficient (Wildman–Crippen LogP) is -2.91. The van der Waals surface area contributed by atoms with E-state index in [1.807, 2.05) is 36.6 Å². The number of nitrogens with two attached hydrogens (primary N) is 2. The van der Waals surface area contributed by atoms with E-state index in [-0.39, 0.29) is 57.4 Å². The van der Waals surface area contributed by atoms with Gasteiger partial charge in [-0.2, -0.15) is 11.8 Å². The summed E-state index contributed by atoms with van der Waals surface area (Å²) in [6, 6.07) is -3.23. The van der Waals surface area contributed by atoms with Gasteiger partial charge in [0, 0.05) is 31.3 Å². The van der Waals surface area contributed by atoms with Crippen molar-refractivity contribution in [3.63, 3.8) is 0 Å². The first kappa shape index (κ1) is 61.7. The normalized spacial score (nSPS) is 17.0. The maximum Gasteiger partial charge on any atom is 0.326 e. The lowest BCUT2D eigenvalue weighted by molar-refractivity contribution is -0.144. The van der Waals surface area contributed by atoms with Crippen LogP contribution in [-0.4, -0.2) is 175 Å². The predicted molar refractivity (Wildman–Crippen MR) is 271 cm³/mol. The number of aliphatic carboxylic acids is 1. The topological polar surface area (TPSA) is 400 Å². The summed E-state index contributed by atoms with van der Waals surface area (Å²) in [5.41, 5.74) is 12.8. The molecule has 2 heterocycles. The minimum absolute atomic E-state index is 0.0187. The van der Waals surface area contributed by atoms with E-state index >= 15 is 0 Å². The van der Waals surface area contributed by atoms with Gasteiger partial charge in [0.1, 0.15) is 48.3 Å². The fourth-order valence-electron chi connectivity index (χ4n) is 8.01. The molecule has 0 aliphatic carbocycles. The van der Waals surface area contributed by atoms with Crippen molar-refractivity contribution in [1.29, 1.82) is 0 Å². The number of carbonyl (C=O) groups is 10. The zero-order valence-corrected chi connectivity index (χ0v) is 43.4. The minimum Gasteiger partial charge on any atom is -0.480 e. The van der Waals surface area contributed by atoms with E-state index in [2.05, 4.69) is 47.2 Å². The van der Waals surface area contributed by atoms with Crippen LogP contribution in [0.3, 0.4) is 0 Å². The number of carboxylic acid groups (broad SMARTS) is 1. The Labute approximate surface area is 434 Å². The zero-order chi connectivity index (χ0) is 55.2. The standard InChI is InChI=1S/C48H74N12O13S/c1-25(2)19-33(55-41(65)31(16-18-74-6)53-40(64)30(49)20-28-11-8-7-9-12-28)43(67)59-39(27(5)62)46(70)54-32(14-15-37(50)63)47(71)60-17-10-13-36(60)45(69)56-34(21-29-22-51-24-52-29)42(66)57-35(23-61)44(68)58-38(26(3)4)48(72)73/h7-9,11-12,22,24-27,30-36,38-39,61-62H,10,13-21,23,49H2,1-6H3,(H2,50,63)(H,51,52)(H,53,64)(H,54,70)(H,55,65)(H,56,69)(H,57,66)(H,58,68)(H,59,67)(H,72,73)/t27-,30+,31+,32+,33+,34+,35+,36+,38+,39+/m1/s1. The molecule has 0 spiro atoms. The van der Waals surface area contributed by atoms with Crippen LogP contribution in [0.4, 0.5) is 0 Å². The number of aromatic amines is 1. The Morgan fingerprint density at radius 2 is 1.35 bits per heavy atom. The average Bonchev–Trinajstić information content (AvgIpc) is 4.06. The number of carbonyl (C=O) groups excluding carboxylic acids is 9. The molecule has 3 rings (SSSR count). The first-order chi connectivity index (χ1) is 35.0. The number of nitrogens with one attached hydrogen (secondary N) is 8. The Balaban J connectivity index is 1.81. The number of aromatic nitrogens is 2. The number of hydrogen-bond donors (Lipinski definition) is 13. The van der Waals surface area contributed by atoms with Crippen LogP contribution >= 0.6 is 11.8 Å². The van der Waals surface area contributed by atoms with E-state index in [0.29, 0.717) is 11.4 Å².